The van der Waals surface area contributed by atoms with Crippen molar-refractivity contribution in [3.63, 3.8) is 0 Å². The van der Waals surface area contributed by atoms with Crippen molar-refractivity contribution in [3.8, 4) is 5.75 Å². The molecule has 0 bridgehead atoms. The van der Waals surface area contributed by atoms with Crippen molar-refractivity contribution in [2.75, 3.05) is 6.61 Å². The Kier molecular flexibility index (Phi) is 6.17. The zero-order valence-electron chi connectivity index (χ0n) is 11.8. The number of nitrogens with zero attached hydrogens (tertiary/aromatic N) is 1. The van der Waals surface area contributed by atoms with Crippen LogP contribution in [0, 0.1) is 6.92 Å². The fraction of sp³-hybridized carbons (Fsp3) is 0.500. The monoisotopic (exact) mass is 301 g/mol. The molecule has 3 nitrogen and oxygen atoms in total. The Hall–Kier alpha value is -0.710. The van der Waals surface area contributed by atoms with Crippen LogP contribution in [0.2, 0.25) is 5.02 Å². The Balaban J connectivity index is 2.37. The molecule has 1 atom stereocenters. The third-order valence-corrected chi connectivity index (χ3v) is 3.96. The van der Waals surface area contributed by atoms with Gasteiger partial charge in [-0.1, -0.05) is 16.0 Å². The molecule has 0 aliphatic rings. The Morgan fingerprint density at radius 3 is 2.68 bits per heavy atom. The second kappa shape index (κ2) is 7.17. The molecule has 19 heavy (non-hydrogen) atoms. The molecule has 106 valence electrons. The van der Waals surface area contributed by atoms with Gasteiger partial charge in [0, 0.05) is 11.4 Å². The first-order valence-corrected chi connectivity index (χ1v) is 7.62. The van der Waals surface area contributed by atoms with Gasteiger partial charge < -0.3 is 9.29 Å². The van der Waals surface area contributed by atoms with Gasteiger partial charge in [-0.3, -0.25) is 0 Å². The van der Waals surface area contributed by atoms with E-state index in [0.717, 1.165) is 11.3 Å². The zero-order chi connectivity index (χ0) is 14.5. The number of benzene rings is 1. The van der Waals surface area contributed by atoms with E-state index in [9.17, 15) is 4.55 Å². The van der Waals surface area contributed by atoms with Crippen LogP contribution in [0.4, 0.5) is 0 Å². The molecular weight excluding hydrogens is 282 g/mol. The normalized spacial score (nSPS) is 13.8. The molecule has 0 aliphatic heterocycles. The van der Waals surface area contributed by atoms with E-state index in [1.165, 1.54) is 0 Å². The van der Waals surface area contributed by atoms with Gasteiger partial charge in [-0.2, -0.15) is 0 Å². The number of aryl methyl sites for hydroxylation is 1. The minimum absolute atomic E-state index is 0.315. The molecule has 0 saturated carbocycles. The van der Waals surface area contributed by atoms with Crippen LogP contribution in [-0.4, -0.2) is 22.1 Å². The Bertz CT molecular complexity index is 444. The van der Waals surface area contributed by atoms with Crippen LogP contribution in [0.5, 0.6) is 5.75 Å². The number of ether oxygens (including phenoxy) is 1. The fourth-order valence-corrected chi connectivity index (χ4v) is 2.06. The SMILES string of the molecule is Cc1cc(Cl)ccc1OCC/C=N/[S@@+]([O-])C(C)(C)C. The van der Waals surface area contributed by atoms with E-state index >= 15 is 0 Å². The highest BCUT2D eigenvalue weighted by Gasteiger charge is 2.25. The summed E-state index contributed by atoms with van der Waals surface area (Å²) in [6, 6.07) is 5.51. The van der Waals surface area contributed by atoms with Crippen LogP contribution in [0.3, 0.4) is 0 Å². The van der Waals surface area contributed by atoms with Crippen molar-refractivity contribution in [2.45, 2.75) is 38.9 Å². The smallest absolute Gasteiger partial charge is 0.144 e. The lowest BCUT2D eigenvalue weighted by molar-refractivity contribution is 0.328. The van der Waals surface area contributed by atoms with Gasteiger partial charge in [0.25, 0.3) is 0 Å². The molecule has 0 spiro atoms. The second-order valence-electron chi connectivity index (χ2n) is 5.20. The zero-order valence-corrected chi connectivity index (χ0v) is 13.3. The van der Waals surface area contributed by atoms with E-state index in [4.69, 9.17) is 16.3 Å². The van der Waals surface area contributed by atoms with Gasteiger partial charge in [0.15, 0.2) is 0 Å². The summed E-state index contributed by atoms with van der Waals surface area (Å²) in [5.41, 5.74) is 1.00. The van der Waals surface area contributed by atoms with Gasteiger partial charge in [0.05, 0.1) is 12.8 Å². The first-order chi connectivity index (χ1) is 8.80. The minimum Gasteiger partial charge on any atom is -0.591 e. The lowest BCUT2D eigenvalue weighted by Crippen LogP contribution is -2.25. The van der Waals surface area contributed by atoms with Crippen LogP contribution < -0.4 is 4.74 Å². The first kappa shape index (κ1) is 16.3. The van der Waals surface area contributed by atoms with Crippen molar-refractivity contribution in [1.82, 2.24) is 0 Å². The third kappa shape index (κ3) is 5.85. The fourth-order valence-electron chi connectivity index (χ4n) is 1.27. The highest BCUT2D eigenvalue weighted by molar-refractivity contribution is 7.91. The van der Waals surface area contributed by atoms with Crippen LogP contribution in [0.15, 0.2) is 22.6 Å². The van der Waals surface area contributed by atoms with Gasteiger partial charge in [0.1, 0.15) is 21.9 Å². The average molecular weight is 302 g/mol. The Morgan fingerprint density at radius 1 is 1.42 bits per heavy atom. The van der Waals surface area contributed by atoms with Crippen molar-refractivity contribution < 1.29 is 9.29 Å². The maximum absolute atomic E-state index is 11.6. The summed E-state index contributed by atoms with van der Waals surface area (Å²) < 4.78 is 21.0. The topological polar surface area (TPSA) is 44.6 Å². The second-order valence-corrected chi connectivity index (χ2v) is 7.57. The summed E-state index contributed by atoms with van der Waals surface area (Å²) >= 11 is 4.67. The molecule has 1 rings (SSSR count). The summed E-state index contributed by atoms with van der Waals surface area (Å²) in [7, 11) is 0. The molecule has 0 N–H and O–H groups in total. The van der Waals surface area contributed by atoms with Gasteiger partial charge in [0.2, 0.25) is 0 Å². The maximum atomic E-state index is 11.6. The van der Waals surface area contributed by atoms with Crippen LogP contribution in [0.25, 0.3) is 0 Å². The van der Waals surface area contributed by atoms with E-state index < -0.39 is 11.4 Å². The molecule has 5 heteroatoms. The molecule has 0 amide bonds. The molecule has 0 aromatic heterocycles. The van der Waals surface area contributed by atoms with Crippen LogP contribution >= 0.6 is 11.6 Å². The van der Waals surface area contributed by atoms with Gasteiger partial charge in [-0.05, 0) is 51.5 Å². The van der Waals surface area contributed by atoms with Gasteiger partial charge in [-0.15, -0.1) is 0 Å². The summed E-state index contributed by atoms with van der Waals surface area (Å²) in [5.74, 6) is 0.815. The predicted molar refractivity (Wildman–Crippen MR) is 82.7 cm³/mol. The largest absolute Gasteiger partial charge is 0.591 e. The molecule has 0 saturated heterocycles. The Morgan fingerprint density at radius 2 is 2.11 bits per heavy atom. The van der Waals surface area contributed by atoms with E-state index in [0.29, 0.717) is 18.1 Å². The number of hydrogen-bond donors (Lipinski definition) is 0. The van der Waals surface area contributed by atoms with E-state index in [1.54, 1.807) is 12.3 Å². The summed E-state index contributed by atoms with van der Waals surface area (Å²) in [4.78, 5) is 0. The number of rotatable bonds is 5. The summed E-state index contributed by atoms with van der Waals surface area (Å²) in [6.07, 6.45) is 2.29. The summed E-state index contributed by atoms with van der Waals surface area (Å²) in [6.45, 7) is 8.15. The quantitative estimate of drug-likeness (QED) is 0.469. The molecule has 1 aromatic carbocycles. The Labute approximate surface area is 123 Å². The molecular formula is C14H20ClNO2S. The van der Waals surface area contributed by atoms with Gasteiger partial charge >= 0.3 is 0 Å². The molecule has 0 unspecified atom stereocenters. The average Bonchev–Trinajstić information content (AvgIpc) is 2.29. The first-order valence-electron chi connectivity index (χ1n) is 6.14. The molecule has 1 aromatic rings. The van der Waals surface area contributed by atoms with Crippen molar-refractivity contribution >= 4 is 29.2 Å². The molecule has 0 fully saturated rings. The van der Waals surface area contributed by atoms with Crippen LogP contribution in [-0.2, 0) is 11.4 Å². The highest BCUT2D eigenvalue weighted by atomic mass is 35.5. The molecule has 0 aliphatic carbocycles. The van der Waals surface area contributed by atoms with Crippen LogP contribution in [0.1, 0.15) is 32.8 Å². The predicted octanol–water partition coefficient (Wildman–Crippen LogP) is 3.95. The van der Waals surface area contributed by atoms with E-state index in [2.05, 4.69) is 4.40 Å². The maximum Gasteiger partial charge on any atom is 0.144 e. The van der Waals surface area contributed by atoms with Gasteiger partial charge in [-0.25, -0.2) is 0 Å². The number of hydrogen-bond acceptors (Lipinski definition) is 3. The lowest BCUT2D eigenvalue weighted by Gasteiger charge is -2.17. The molecule has 0 radical (unpaired) electrons. The lowest BCUT2D eigenvalue weighted by atomic mass is 10.2. The van der Waals surface area contributed by atoms with E-state index in [-0.39, 0.29) is 4.75 Å². The standard InChI is InChI=1S/C14H20ClNO2S/c1-11-10-12(15)6-7-13(11)18-9-5-8-16-19(17)14(2,3)4/h6-8,10H,5,9H2,1-4H3/b16-8+/t19-/m0/s1. The summed E-state index contributed by atoms with van der Waals surface area (Å²) in [5, 5.41) is 0.701. The van der Waals surface area contributed by atoms with Crippen molar-refractivity contribution in [1.29, 1.82) is 0 Å². The van der Waals surface area contributed by atoms with Crippen molar-refractivity contribution in [3.05, 3.63) is 28.8 Å². The third-order valence-electron chi connectivity index (χ3n) is 2.34. The van der Waals surface area contributed by atoms with E-state index in [1.807, 2.05) is 39.8 Å². The molecule has 0 heterocycles. The highest BCUT2D eigenvalue weighted by Crippen LogP contribution is 2.21. The minimum atomic E-state index is -1.20. The van der Waals surface area contributed by atoms with Crippen molar-refractivity contribution in [2.24, 2.45) is 4.40 Å². The number of halogens is 1.